The zero-order chi connectivity index (χ0) is 16.0. The van der Waals surface area contributed by atoms with Gasteiger partial charge >= 0.3 is 5.97 Å². The van der Waals surface area contributed by atoms with E-state index in [0.29, 0.717) is 24.2 Å². The van der Waals surface area contributed by atoms with Gasteiger partial charge in [-0.05, 0) is 35.6 Å². The first-order chi connectivity index (χ1) is 11.1. The van der Waals surface area contributed by atoms with E-state index < -0.39 is 12.1 Å². The molecule has 5 heteroatoms. The maximum absolute atomic E-state index is 11.7. The number of hydrogen-bond acceptors (Lipinski definition) is 4. The molecule has 5 nitrogen and oxygen atoms in total. The number of aliphatic hydroxyl groups is 1. The summed E-state index contributed by atoms with van der Waals surface area (Å²) in [6.45, 7) is 0.0357. The molecule has 2 atom stereocenters. The maximum atomic E-state index is 11.7. The molecule has 0 fully saturated rings. The van der Waals surface area contributed by atoms with Crippen LogP contribution in [0.4, 0.5) is 0 Å². The zero-order valence-corrected chi connectivity index (χ0v) is 12.4. The predicted octanol–water partition coefficient (Wildman–Crippen LogP) is 2.36. The van der Waals surface area contributed by atoms with Crippen LogP contribution in [0, 0.1) is 0 Å². The minimum Gasteiger partial charge on any atom is -0.478 e. The third-order valence-corrected chi connectivity index (χ3v) is 4.63. The van der Waals surface area contributed by atoms with Crippen molar-refractivity contribution in [2.24, 2.45) is 0 Å². The molecule has 1 aliphatic carbocycles. The molecule has 0 spiro atoms. The number of carbonyl (C=O) groups is 1. The quantitative estimate of drug-likeness (QED) is 0.910. The second-order valence-corrected chi connectivity index (χ2v) is 5.92. The molecule has 0 aromatic heterocycles. The van der Waals surface area contributed by atoms with E-state index in [1.165, 1.54) is 0 Å². The van der Waals surface area contributed by atoms with Gasteiger partial charge in [0.1, 0.15) is 5.56 Å². The van der Waals surface area contributed by atoms with Gasteiger partial charge in [-0.15, -0.1) is 0 Å². The van der Waals surface area contributed by atoms with E-state index in [1.54, 1.807) is 12.1 Å². The summed E-state index contributed by atoms with van der Waals surface area (Å²) in [5, 5.41) is 20.0. The highest BCUT2D eigenvalue weighted by Crippen LogP contribution is 2.41. The maximum Gasteiger partial charge on any atom is 0.339 e. The van der Waals surface area contributed by atoms with Crippen LogP contribution in [0.3, 0.4) is 0 Å². The highest BCUT2D eigenvalue weighted by Gasteiger charge is 2.33. The van der Waals surface area contributed by atoms with Crippen molar-refractivity contribution in [3.63, 3.8) is 0 Å². The summed E-state index contributed by atoms with van der Waals surface area (Å²) in [6, 6.07) is 11.4. The first-order valence-electron chi connectivity index (χ1n) is 7.56. The molecule has 1 aliphatic heterocycles. The van der Waals surface area contributed by atoms with Crippen molar-refractivity contribution >= 4 is 5.97 Å². The molecule has 0 amide bonds. The Morgan fingerprint density at radius 3 is 2.83 bits per heavy atom. The van der Waals surface area contributed by atoms with E-state index in [4.69, 9.17) is 9.47 Å². The molecular weight excluding hydrogens is 296 g/mol. The van der Waals surface area contributed by atoms with Gasteiger partial charge in [0.2, 0.25) is 6.79 Å². The van der Waals surface area contributed by atoms with Crippen molar-refractivity contribution < 1.29 is 24.5 Å². The third-order valence-electron chi connectivity index (χ3n) is 4.63. The number of aliphatic hydroxyl groups excluding tert-OH is 1. The van der Waals surface area contributed by atoms with Gasteiger partial charge in [0, 0.05) is 5.92 Å². The fourth-order valence-corrected chi connectivity index (χ4v) is 3.56. The number of carboxylic acid groups (broad SMARTS) is 1. The lowest BCUT2D eigenvalue weighted by atomic mass is 9.89. The Balaban J connectivity index is 1.74. The van der Waals surface area contributed by atoms with Crippen molar-refractivity contribution in [2.45, 2.75) is 24.9 Å². The molecule has 2 aromatic rings. The summed E-state index contributed by atoms with van der Waals surface area (Å²) in [6.07, 6.45) is 0.559. The first kappa shape index (κ1) is 14.1. The van der Waals surface area contributed by atoms with Gasteiger partial charge < -0.3 is 19.7 Å². The summed E-state index contributed by atoms with van der Waals surface area (Å²) >= 11 is 0. The Morgan fingerprint density at radius 2 is 2.00 bits per heavy atom. The van der Waals surface area contributed by atoms with E-state index in [2.05, 4.69) is 0 Å². The number of fused-ring (bicyclic) bond motifs is 2. The molecule has 4 rings (SSSR count). The van der Waals surface area contributed by atoms with Crippen molar-refractivity contribution in [3.05, 3.63) is 58.7 Å². The van der Waals surface area contributed by atoms with Crippen molar-refractivity contribution in [2.75, 3.05) is 6.79 Å². The van der Waals surface area contributed by atoms with Crippen LogP contribution >= 0.6 is 0 Å². The first-order valence-corrected chi connectivity index (χ1v) is 7.56. The van der Waals surface area contributed by atoms with E-state index in [9.17, 15) is 15.0 Å². The van der Waals surface area contributed by atoms with Crippen LogP contribution in [-0.2, 0) is 12.8 Å². The number of ether oxygens (including phenoxy) is 2. The standard InChI is InChI=1S/C18H16O5/c19-14-8-10-3-1-2-4-12(10)13(14)7-11-5-6-15-17(23-9-22-15)16(11)18(20)21/h1-6,13-14,19H,7-9H2,(H,20,21)/t13?,14-/m1/s1. The van der Waals surface area contributed by atoms with Crippen LogP contribution in [0.15, 0.2) is 36.4 Å². The Hall–Kier alpha value is -2.53. The molecule has 1 unspecified atom stereocenters. The molecule has 0 radical (unpaired) electrons. The molecule has 23 heavy (non-hydrogen) atoms. The molecular formula is C18H16O5. The Morgan fingerprint density at radius 1 is 1.17 bits per heavy atom. The lowest BCUT2D eigenvalue weighted by Crippen LogP contribution is -2.17. The minimum atomic E-state index is -1.04. The molecule has 2 N–H and O–H groups in total. The lowest BCUT2D eigenvalue weighted by Gasteiger charge is -2.18. The molecule has 1 heterocycles. The van der Waals surface area contributed by atoms with Gasteiger partial charge in [0.15, 0.2) is 11.5 Å². The summed E-state index contributed by atoms with van der Waals surface area (Å²) < 4.78 is 10.6. The summed E-state index contributed by atoms with van der Waals surface area (Å²) in [5.41, 5.74) is 3.01. The van der Waals surface area contributed by atoms with E-state index in [-0.39, 0.29) is 24.0 Å². The minimum absolute atomic E-state index is 0.0357. The van der Waals surface area contributed by atoms with Crippen LogP contribution in [0.1, 0.15) is 33.0 Å². The lowest BCUT2D eigenvalue weighted by molar-refractivity contribution is 0.0690. The normalized spacial score (nSPS) is 21.3. The van der Waals surface area contributed by atoms with Crippen LogP contribution < -0.4 is 9.47 Å². The average molecular weight is 312 g/mol. The molecule has 0 bridgehead atoms. The summed E-state index contributed by atoms with van der Waals surface area (Å²) in [5.74, 6) is -0.401. The number of carboxylic acids is 1. The fraction of sp³-hybridized carbons (Fsp3) is 0.278. The Labute approximate surface area is 133 Å². The van der Waals surface area contributed by atoms with E-state index in [1.807, 2.05) is 24.3 Å². The van der Waals surface area contributed by atoms with Crippen molar-refractivity contribution in [1.29, 1.82) is 0 Å². The third kappa shape index (κ3) is 2.24. The fourth-order valence-electron chi connectivity index (χ4n) is 3.56. The van der Waals surface area contributed by atoms with Crippen LogP contribution in [-0.4, -0.2) is 29.1 Å². The van der Waals surface area contributed by atoms with Gasteiger partial charge in [-0.1, -0.05) is 30.3 Å². The number of hydrogen-bond donors (Lipinski definition) is 2. The van der Waals surface area contributed by atoms with Crippen molar-refractivity contribution in [3.8, 4) is 11.5 Å². The molecule has 0 saturated carbocycles. The van der Waals surface area contributed by atoms with Gasteiger partial charge in [-0.2, -0.15) is 0 Å². The summed E-state index contributed by atoms with van der Waals surface area (Å²) in [4.78, 5) is 11.7. The van der Waals surface area contributed by atoms with Crippen LogP contribution in [0.25, 0.3) is 0 Å². The van der Waals surface area contributed by atoms with Crippen LogP contribution in [0.2, 0.25) is 0 Å². The van der Waals surface area contributed by atoms with Gasteiger partial charge in [-0.3, -0.25) is 0 Å². The second kappa shape index (κ2) is 5.28. The van der Waals surface area contributed by atoms with E-state index in [0.717, 1.165) is 11.1 Å². The largest absolute Gasteiger partial charge is 0.478 e. The van der Waals surface area contributed by atoms with E-state index >= 15 is 0 Å². The zero-order valence-electron chi connectivity index (χ0n) is 12.4. The second-order valence-electron chi connectivity index (χ2n) is 5.92. The topological polar surface area (TPSA) is 76.0 Å². The number of benzene rings is 2. The van der Waals surface area contributed by atoms with Gasteiger partial charge in [-0.25, -0.2) is 4.79 Å². The Bertz CT molecular complexity index is 783. The molecule has 2 aromatic carbocycles. The Kier molecular flexibility index (Phi) is 3.23. The average Bonchev–Trinajstić information content (AvgIpc) is 3.11. The molecule has 118 valence electrons. The SMILES string of the molecule is O=C(O)c1c(CC2c3ccccc3C[C@H]2O)ccc2c1OCO2. The highest BCUT2D eigenvalue weighted by molar-refractivity contribution is 5.94. The monoisotopic (exact) mass is 312 g/mol. The number of rotatable bonds is 3. The van der Waals surface area contributed by atoms with Gasteiger partial charge in [0.25, 0.3) is 0 Å². The van der Waals surface area contributed by atoms with Crippen molar-refractivity contribution in [1.82, 2.24) is 0 Å². The van der Waals surface area contributed by atoms with Crippen LogP contribution in [0.5, 0.6) is 11.5 Å². The highest BCUT2D eigenvalue weighted by atomic mass is 16.7. The molecule has 0 saturated heterocycles. The predicted molar refractivity (Wildman–Crippen MR) is 82.1 cm³/mol. The summed E-state index contributed by atoms with van der Waals surface area (Å²) in [7, 11) is 0. The number of aromatic carboxylic acids is 1. The van der Waals surface area contributed by atoms with Gasteiger partial charge in [0.05, 0.1) is 6.10 Å². The smallest absolute Gasteiger partial charge is 0.339 e. The molecule has 2 aliphatic rings.